The molecule has 0 saturated carbocycles. The van der Waals surface area contributed by atoms with Crippen molar-refractivity contribution in [1.29, 1.82) is 0 Å². The molecule has 0 aromatic rings. The van der Waals surface area contributed by atoms with Crippen molar-refractivity contribution in [1.82, 2.24) is 0 Å². The minimum absolute atomic E-state index is 1.37. The van der Waals surface area contributed by atoms with Crippen LogP contribution in [0, 0.1) is 0 Å². The molecule has 0 amide bonds. The molecule has 25 heavy (non-hydrogen) atoms. The number of piperidine rings is 1. The Bertz CT molecular complexity index is 408. The van der Waals surface area contributed by atoms with Gasteiger partial charge in [0.2, 0.25) is 0 Å². The first-order valence-electron chi connectivity index (χ1n) is 9.54. The maximum Gasteiger partial charge on any atom is 0.485 e. The molecule has 152 valence electrons. The zero-order valence-corrected chi connectivity index (χ0v) is 16.2. The van der Waals surface area contributed by atoms with Crippen molar-refractivity contribution in [2.45, 2.75) is 89.5 Å². The molecule has 0 unspecified atom stereocenters. The van der Waals surface area contributed by atoms with Gasteiger partial charge in [-0.25, -0.2) is 8.42 Å². The van der Waals surface area contributed by atoms with Crippen molar-refractivity contribution in [2.75, 3.05) is 19.6 Å². The van der Waals surface area contributed by atoms with Crippen LogP contribution in [0.1, 0.15) is 84.0 Å². The van der Waals surface area contributed by atoms with Crippen LogP contribution in [0.4, 0.5) is 13.2 Å². The van der Waals surface area contributed by atoms with Crippen LogP contribution in [0.2, 0.25) is 0 Å². The van der Waals surface area contributed by atoms with E-state index in [-0.39, 0.29) is 0 Å². The third-order valence-electron chi connectivity index (χ3n) is 4.48. The minimum Gasteiger partial charge on any atom is -0.741 e. The zero-order chi connectivity index (χ0) is 19.2. The average molecular weight is 390 g/mol. The Morgan fingerprint density at radius 1 is 0.840 bits per heavy atom. The molecular weight excluding hydrogens is 355 g/mol. The van der Waals surface area contributed by atoms with E-state index in [1.54, 1.807) is 0 Å². The van der Waals surface area contributed by atoms with Gasteiger partial charge in [-0.1, -0.05) is 51.9 Å². The van der Waals surface area contributed by atoms with E-state index < -0.39 is 15.6 Å². The fourth-order valence-corrected chi connectivity index (χ4v) is 2.99. The van der Waals surface area contributed by atoms with Gasteiger partial charge in [0.25, 0.3) is 0 Å². The molecule has 1 fully saturated rings. The number of halogens is 3. The normalized spacial score (nSPS) is 16.4. The molecular formula is C17H34F3NO3S. The summed E-state index contributed by atoms with van der Waals surface area (Å²) in [5.74, 6) is 0. The first kappa shape index (κ1) is 24.7. The zero-order valence-electron chi connectivity index (χ0n) is 15.4. The Kier molecular flexibility index (Phi) is 13.6. The molecule has 0 aliphatic carbocycles. The number of hydrogen-bond acceptors (Lipinski definition) is 3. The van der Waals surface area contributed by atoms with E-state index in [1.807, 2.05) is 4.90 Å². The molecule has 1 saturated heterocycles. The third-order valence-corrected chi connectivity index (χ3v) is 5.04. The summed E-state index contributed by atoms with van der Waals surface area (Å²) >= 11 is 0. The van der Waals surface area contributed by atoms with E-state index in [2.05, 4.69) is 6.92 Å². The molecule has 1 N–H and O–H groups in total. The molecule has 4 nitrogen and oxygen atoms in total. The number of hydrogen-bond donors (Lipinski definition) is 1. The number of quaternary nitrogens is 1. The predicted molar refractivity (Wildman–Crippen MR) is 92.4 cm³/mol. The van der Waals surface area contributed by atoms with E-state index in [9.17, 15) is 13.2 Å². The first-order chi connectivity index (χ1) is 11.7. The van der Waals surface area contributed by atoms with Gasteiger partial charge in [-0.2, -0.15) is 13.2 Å². The maximum absolute atomic E-state index is 10.7. The lowest BCUT2D eigenvalue weighted by atomic mass is 10.1. The second-order valence-corrected chi connectivity index (χ2v) is 8.16. The fourth-order valence-electron chi connectivity index (χ4n) is 2.99. The number of unbranched alkanes of at least 4 members (excludes halogenated alkanes) is 8. The van der Waals surface area contributed by atoms with E-state index in [0.29, 0.717) is 0 Å². The lowest BCUT2D eigenvalue weighted by molar-refractivity contribution is -0.905. The second-order valence-electron chi connectivity index (χ2n) is 6.79. The summed E-state index contributed by atoms with van der Waals surface area (Å²) in [5.41, 5.74) is -5.65. The van der Waals surface area contributed by atoms with Crippen molar-refractivity contribution < 1.29 is 31.0 Å². The van der Waals surface area contributed by atoms with E-state index in [1.165, 1.54) is 96.7 Å². The highest BCUT2D eigenvalue weighted by molar-refractivity contribution is 7.86. The summed E-state index contributed by atoms with van der Waals surface area (Å²) < 4.78 is 58.9. The van der Waals surface area contributed by atoms with Gasteiger partial charge >= 0.3 is 5.51 Å². The topological polar surface area (TPSA) is 61.6 Å². The van der Waals surface area contributed by atoms with Crippen molar-refractivity contribution in [3.8, 4) is 0 Å². The van der Waals surface area contributed by atoms with Gasteiger partial charge in [0.15, 0.2) is 10.1 Å². The molecule has 0 bridgehead atoms. The van der Waals surface area contributed by atoms with Gasteiger partial charge in [-0.15, -0.1) is 0 Å². The smallest absolute Gasteiger partial charge is 0.485 e. The maximum atomic E-state index is 10.7. The Hall–Kier alpha value is -0.340. The van der Waals surface area contributed by atoms with Crippen molar-refractivity contribution in [3.05, 3.63) is 0 Å². The second kappa shape index (κ2) is 13.8. The van der Waals surface area contributed by atoms with Gasteiger partial charge in [-0.3, -0.25) is 0 Å². The minimum atomic E-state index is -6.09. The van der Waals surface area contributed by atoms with E-state index >= 15 is 0 Å². The molecule has 1 heterocycles. The first-order valence-corrected chi connectivity index (χ1v) is 10.9. The molecule has 0 radical (unpaired) electrons. The van der Waals surface area contributed by atoms with Crippen LogP contribution in [0.25, 0.3) is 0 Å². The largest absolute Gasteiger partial charge is 0.741 e. The number of alkyl halides is 3. The highest BCUT2D eigenvalue weighted by atomic mass is 32.2. The van der Waals surface area contributed by atoms with Crippen molar-refractivity contribution in [3.63, 3.8) is 0 Å². The lowest BCUT2D eigenvalue weighted by Gasteiger charge is -2.23. The fraction of sp³-hybridized carbons (Fsp3) is 1.00. The van der Waals surface area contributed by atoms with Gasteiger partial charge in [0, 0.05) is 0 Å². The van der Waals surface area contributed by atoms with Gasteiger partial charge in [0.1, 0.15) is 0 Å². The number of nitrogens with one attached hydrogen (secondary N) is 1. The SMILES string of the molecule is CCCCCCCCCCC[NH+]1CCCCC1.O=S(=O)([O-])C(F)(F)F. The van der Waals surface area contributed by atoms with Crippen LogP contribution < -0.4 is 4.90 Å². The molecule has 0 aromatic carbocycles. The highest BCUT2D eigenvalue weighted by Gasteiger charge is 2.36. The molecule has 0 aromatic heterocycles. The standard InChI is InChI=1S/C16H33N.CHF3O3S/c1-2-3-4-5-6-7-8-9-11-14-17-15-12-10-13-16-17;2-1(3,4)8(5,6)7/h2-16H2,1H3;(H,5,6,7). The van der Waals surface area contributed by atoms with Crippen LogP contribution >= 0.6 is 0 Å². The predicted octanol–water partition coefficient (Wildman–Crippen LogP) is 3.64. The Labute approximate surface area is 150 Å². The van der Waals surface area contributed by atoms with Crippen LogP contribution in [0.15, 0.2) is 0 Å². The third kappa shape index (κ3) is 14.5. The molecule has 1 aliphatic heterocycles. The quantitative estimate of drug-likeness (QED) is 0.352. The molecule has 1 rings (SSSR count). The molecule has 8 heteroatoms. The summed E-state index contributed by atoms with van der Waals surface area (Å²) in [6, 6.07) is 0. The van der Waals surface area contributed by atoms with Gasteiger partial charge in [-0.05, 0) is 32.1 Å². The van der Waals surface area contributed by atoms with Crippen LogP contribution in [-0.2, 0) is 10.1 Å². The van der Waals surface area contributed by atoms with Gasteiger partial charge < -0.3 is 9.45 Å². The Morgan fingerprint density at radius 2 is 1.24 bits per heavy atom. The molecule has 1 aliphatic rings. The Balaban J connectivity index is 0.000000609. The number of likely N-dealkylation sites (tertiary alicyclic amines) is 1. The summed E-state index contributed by atoms with van der Waals surface area (Å²) in [5, 5.41) is 0. The van der Waals surface area contributed by atoms with Crippen molar-refractivity contribution in [2.24, 2.45) is 0 Å². The summed E-state index contributed by atoms with van der Waals surface area (Å²) in [4.78, 5) is 1.89. The van der Waals surface area contributed by atoms with Crippen LogP contribution in [-0.4, -0.2) is 38.1 Å². The highest BCUT2D eigenvalue weighted by Crippen LogP contribution is 2.20. The monoisotopic (exact) mass is 389 g/mol. The van der Waals surface area contributed by atoms with E-state index in [0.717, 1.165) is 0 Å². The number of rotatable bonds is 10. The Morgan fingerprint density at radius 3 is 1.64 bits per heavy atom. The van der Waals surface area contributed by atoms with Crippen molar-refractivity contribution >= 4 is 10.1 Å². The summed E-state index contributed by atoms with van der Waals surface area (Å²) in [7, 11) is -6.09. The van der Waals surface area contributed by atoms with Crippen LogP contribution in [0.3, 0.4) is 0 Å². The van der Waals surface area contributed by atoms with Crippen LogP contribution in [0.5, 0.6) is 0 Å². The molecule has 0 spiro atoms. The average Bonchev–Trinajstić information content (AvgIpc) is 2.53. The van der Waals surface area contributed by atoms with Gasteiger partial charge in [0.05, 0.1) is 19.6 Å². The lowest BCUT2D eigenvalue weighted by Crippen LogP contribution is -3.12. The molecule has 0 atom stereocenters. The summed E-state index contributed by atoms with van der Waals surface area (Å²) in [6.07, 6.45) is 17.6. The summed E-state index contributed by atoms with van der Waals surface area (Å²) in [6.45, 7) is 6.66. The van der Waals surface area contributed by atoms with E-state index in [4.69, 9.17) is 13.0 Å².